The fraction of sp³-hybridized carbons (Fsp3) is 0.417. The number of hydrogen-bond donors (Lipinski definition) is 0. The standard InChI is InChI=1S/C12H15BrFNO2/c1-3-15(4-2)12(16)8-17-11-6-9(13)5-10(14)7-11/h5-7H,3-4,8H2,1-2H3. The second kappa shape index (κ2) is 6.59. The average Bonchev–Trinajstić information content (AvgIpc) is 2.27. The van der Waals surface area contributed by atoms with Crippen LogP contribution in [-0.4, -0.2) is 30.5 Å². The Morgan fingerprint density at radius 1 is 1.35 bits per heavy atom. The van der Waals surface area contributed by atoms with E-state index in [9.17, 15) is 9.18 Å². The summed E-state index contributed by atoms with van der Waals surface area (Å²) in [6.07, 6.45) is 0. The van der Waals surface area contributed by atoms with E-state index in [2.05, 4.69) is 15.9 Å². The van der Waals surface area contributed by atoms with Gasteiger partial charge in [-0.3, -0.25) is 4.79 Å². The van der Waals surface area contributed by atoms with Crippen molar-refractivity contribution < 1.29 is 13.9 Å². The third-order valence-corrected chi connectivity index (χ3v) is 2.77. The monoisotopic (exact) mass is 303 g/mol. The van der Waals surface area contributed by atoms with Crippen molar-refractivity contribution in [3.63, 3.8) is 0 Å². The number of carbonyl (C=O) groups excluding carboxylic acids is 1. The van der Waals surface area contributed by atoms with Crippen LogP contribution in [0.4, 0.5) is 4.39 Å². The second-order valence-corrected chi connectivity index (χ2v) is 4.38. The first-order valence-corrected chi connectivity index (χ1v) is 6.22. The van der Waals surface area contributed by atoms with Crippen LogP contribution in [0.25, 0.3) is 0 Å². The molecule has 0 aromatic heterocycles. The van der Waals surface area contributed by atoms with Gasteiger partial charge in [0.15, 0.2) is 6.61 Å². The molecule has 1 amide bonds. The Bertz CT molecular complexity index is 374. The predicted octanol–water partition coefficient (Wildman–Crippen LogP) is 2.84. The highest BCUT2D eigenvalue weighted by molar-refractivity contribution is 9.10. The zero-order chi connectivity index (χ0) is 12.8. The van der Waals surface area contributed by atoms with E-state index < -0.39 is 5.82 Å². The van der Waals surface area contributed by atoms with E-state index in [1.165, 1.54) is 12.1 Å². The van der Waals surface area contributed by atoms with Crippen molar-refractivity contribution in [1.82, 2.24) is 4.90 Å². The minimum Gasteiger partial charge on any atom is -0.484 e. The van der Waals surface area contributed by atoms with Crippen molar-refractivity contribution in [3.8, 4) is 5.75 Å². The summed E-state index contributed by atoms with van der Waals surface area (Å²) in [5.74, 6) is -0.155. The average molecular weight is 304 g/mol. The number of amides is 1. The summed E-state index contributed by atoms with van der Waals surface area (Å²) in [6.45, 7) is 5.02. The van der Waals surface area contributed by atoms with Crippen LogP contribution < -0.4 is 4.74 Å². The molecule has 0 fully saturated rings. The number of hydrogen-bond acceptors (Lipinski definition) is 2. The second-order valence-electron chi connectivity index (χ2n) is 3.46. The van der Waals surface area contributed by atoms with Gasteiger partial charge >= 0.3 is 0 Å². The van der Waals surface area contributed by atoms with Crippen LogP contribution in [0.1, 0.15) is 13.8 Å². The molecule has 0 unspecified atom stereocenters. The lowest BCUT2D eigenvalue weighted by atomic mass is 10.3. The Kier molecular flexibility index (Phi) is 5.41. The first kappa shape index (κ1) is 14.0. The highest BCUT2D eigenvalue weighted by Crippen LogP contribution is 2.20. The van der Waals surface area contributed by atoms with Crippen molar-refractivity contribution in [2.45, 2.75) is 13.8 Å². The van der Waals surface area contributed by atoms with Crippen molar-refractivity contribution >= 4 is 21.8 Å². The van der Waals surface area contributed by atoms with E-state index in [-0.39, 0.29) is 12.5 Å². The summed E-state index contributed by atoms with van der Waals surface area (Å²) in [6, 6.07) is 4.21. The van der Waals surface area contributed by atoms with Gasteiger partial charge in [0.25, 0.3) is 5.91 Å². The van der Waals surface area contributed by atoms with Crippen LogP contribution in [0.2, 0.25) is 0 Å². The fourth-order valence-electron chi connectivity index (χ4n) is 1.42. The van der Waals surface area contributed by atoms with Crippen molar-refractivity contribution in [2.75, 3.05) is 19.7 Å². The van der Waals surface area contributed by atoms with Crippen molar-refractivity contribution in [1.29, 1.82) is 0 Å². The Morgan fingerprint density at radius 2 is 2.00 bits per heavy atom. The zero-order valence-corrected chi connectivity index (χ0v) is 11.5. The molecule has 3 nitrogen and oxygen atoms in total. The smallest absolute Gasteiger partial charge is 0.260 e. The maximum Gasteiger partial charge on any atom is 0.260 e. The van der Waals surface area contributed by atoms with Gasteiger partial charge in [0.1, 0.15) is 11.6 Å². The first-order valence-electron chi connectivity index (χ1n) is 5.43. The molecule has 5 heteroatoms. The van der Waals surface area contributed by atoms with E-state index in [0.717, 1.165) is 0 Å². The molecule has 17 heavy (non-hydrogen) atoms. The topological polar surface area (TPSA) is 29.5 Å². The normalized spacial score (nSPS) is 10.1. The minimum atomic E-state index is -0.398. The van der Waals surface area contributed by atoms with Crippen LogP contribution >= 0.6 is 15.9 Å². The highest BCUT2D eigenvalue weighted by atomic mass is 79.9. The summed E-state index contributed by atoms with van der Waals surface area (Å²) < 4.78 is 18.9. The lowest BCUT2D eigenvalue weighted by Crippen LogP contribution is -2.34. The lowest BCUT2D eigenvalue weighted by Gasteiger charge is -2.18. The molecule has 0 heterocycles. The maximum atomic E-state index is 13.0. The Morgan fingerprint density at radius 3 is 2.53 bits per heavy atom. The van der Waals surface area contributed by atoms with Gasteiger partial charge in [0.2, 0.25) is 0 Å². The molecule has 0 saturated carbocycles. The molecule has 94 valence electrons. The molecule has 0 saturated heterocycles. The molecular formula is C12H15BrFNO2. The van der Waals surface area contributed by atoms with Gasteiger partial charge < -0.3 is 9.64 Å². The van der Waals surface area contributed by atoms with E-state index in [4.69, 9.17) is 4.74 Å². The minimum absolute atomic E-state index is 0.0719. The summed E-state index contributed by atoms with van der Waals surface area (Å²) in [4.78, 5) is 13.3. The Balaban J connectivity index is 2.58. The zero-order valence-electron chi connectivity index (χ0n) is 9.87. The molecule has 1 aromatic carbocycles. The molecule has 0 aliphatic carbocycles. The number of benzene rings is 1. The van der Waals surface area contributed by atoms with Crippen LogP contribution in [0.5, 0.6) is 5.75 Å². The Labute approximate surface area is 109 Å². The predicted molar refractivity (Wildman–Crippen MR) is 67.5 cm³/mol. The van der Waals surface area contributed by atoms with Gasteiger partial charge in [-0.2, -0.15) is 0 Å². The Hall–Kier alpha value is -1.10. The molecule has 1 rings (SSSR count). The van der Waals surface area contributed by atoms with E-state index in [0.29, 0.717) is 23.3 Å². The van der Waals surface area contributed by atoms with Crippen LogP contribution in [0.15, 0.2) is 22.7 Å². The number of nitrogens with zero attached hydrogens (tertiary/aromatic N) is 1. The van der Waals surface area contributed by atoms with E-state index in [1.54, 1.807) is 11.0 Å². The number of ether oxygens (including phenoxy) is 1. The summed E-state index contributed by atoms with van der Waals surface area (Å²) in [5.41, 5.74) is 0. The third-order valence-electron chi connectivity index (χ3n) is 2.31. The van der Waals surface area contributed by atoms with E-state index >= 15 is 0 Å². The van der Waals surface area contributed by atoms with Crippen LogP contribution in [0, 0.1) is 5.82 Å². The largest absolute Gasteiger partial charge is 0.484 e. The molecule has 0 radical (unpaired) electrons. The summed E-state index contributed by atoms with van der Waals surface area (Å²) >= 11 is 3.16. The molecular weight excluding hydrogens is 289 g/mol. The summed E-state index contributed by atoms with van der Waals surface area (Å²) in [5, 5.41) is 0. The van der Waals surface area contributed by atoms with Crippen molar-refractivity contribution in [2.24, 2.45) is 0 Å². The third kappa shape index (κ3) is 4.34. The first-order chi connectivity index (χ1) is 8.06. The van der Waals surface area contributed by atoms with Gasteiger partial charge in [-0.1, -0.05) is 15.9 Å². The van der Waals surface area contributed by atoms with Gasteiger partial charge in [0.05, 0.1) is 0 Å². The van der Waals surface area contributed by atoms with Crippen LogP contribution in [0.3, 0.4) is 0 Å². The van der Waals surface area contributed by atoms with Crippen LogP contribution in [-0.2, 0) is 4.79 Å². The number of rotatable bonds is 5. The van der Waals surface area contributed by atoms with Gasteiger partial charge in [-0.15, -0.1) is 0 Å². The quantitative estimate of drug-likeness (QED) is 0.837. The van der Waals surface area contributed by atoms with E-state index in [1.807, 2.05) is 13.8 Å². The van der Waals surface area contributed by atoms with Crippen molar-refractivity contribution in [3.05, 3.63) is 28.5 Å². The number of halogens is 2. The summed E-state index contributed by atoms with van der Waals surface area (Å²) in [7, 11) is 0. The molecule has 0 aliphatic rings. The molecule has 0 bridgehead atoms. The molecule has 0 aliphatic heterocycles. The lowest BCUT2D eigenvalue weighted by molar-refractivity contribution is -0.132. The number of likely N-dealkylation sites (N-methyl/N-ethyl adjacent to an activating group) is 1. The number of carbonyl (C=O) groups is 1. The highest BCUT2D eigenvalue weighted by Gasteiger charge is 2.10. The molecule has 1 aromatic rings. The SMILES string of the molecule is CCN(CC)C(=O)COc1cc(F)cc(Br)c1. The molecule has 0 N–H and O–H groups in total. The fourth-order valence-corrected chi connectivity index (χ4v) is 1.87. The van der Waals surface area contributed by atoms with Gasteiger partial charge in [-0.05, 0) is 26.0 Å². The molecule has 0 atom stereocenters. The van der Waals surface area contributed by atoms with Gasteiger partial charge in [0, 0.05) is 23.6 Å². The maximum absolute atomic E-state index is 13.0. The molecule has 0 spiro atoms. The van der Waals surface area contributed by atoms with Gasteiger partial charge in [-0.25, -0.2) is 4.39 Å².